The van der Waals surface area contributed by atoms with Crippen LogP contribution in [0.25, 0.3) is 0 Å². The number of nitrogens with zero attached hydrogens (tertiary/aromatic N) is 1. The number of carbonyl (C=O) groups is 1. The first-order valence-corrected chi connectivity index (χ1v) is 7.07. The first-order chi connectivity index (χ1) is 9.26. The molecule has 20 heavy (non-hydrogen) atoms. The highest BCUT2D eigenvalue weighted by atomic mass is 16.6. The van der Waals surface area contributed by atoms with Gasteiger partial charge in [0.1, 0.15) is 5.60 Å². The molecule has 0 saturated carbocycles. The second-order valence-electron chi connectivity index (χ2n) is 6.49. The fourth-order valence-electron chi connectivity index (χ4n) is 2.29. The molecule has 4 heteroatoms. The molecule has 1 aliphatic rings. The normalized spacial score (nSPS) is 15.8. The van der Waals surface area contributed by atoms with Gasteiger partial charge in [0, 0.05) is 18.8 Å². The first-order valence-electron chi connectivity index (χ1n) is 7.07. The van der Waals surface area contributed by atoms with Crippen LogP contribution in [0.15, 0.2) is 18.2 Å². The van der Waals surface area contributed by atoms with E-state index in [1.807, 2.05) is 20.8 Å². The lowest BCUT2D eigenvalue weighted by atomic mass is 10.1. The third-order valence-corrected chi connectivity index (χ3v) is 3.36. The molecule has 0 aliphatic carbocycles. The fourth-order valence-corrected chi connectivity index (χ4v) is 2.29. The number of hydrogen-bond donors (Lipinski definition) is 1. The van der Waals surface area contributed by atoms with Gasteiger partial charge in [-0.1, -0.05) is 18.2 Å². The molecule has 0 bridgehead atoms. The number of para-hydroxylation sites is 1. The molecule has 0 radical (unpaired) electrons. The number of rotatable bonds is 2. The molecule has 0 atom stereocenters. The van der Waals surface area contributed by atoms with Crippen molar-refractivity contribution in [3.8, 4) is 0 Å². The Balaban J connectivity index is 1.87. The van der Waals surface area contributed by atoms with Crippen molar-refractivity contribution in [2.75, 3.05) is 18.4 Å². The molecule has 1 fully saturated rings. The van der Waals surface area contributed by atoms with Gasteiger partial charge in [-0.05, 0) is 45.7 Å². The summed E-state index contributed by atoms with van der Waals surface area (Å²) in [6, 6.07) is 6.56. The zero-order valence-corrected chi connectivity index (χ0v) is 13.0. The number of carbonyl (C=O) groups excluding carboxylic acids is 1. The van der Waals surface area contributed by atoms with E-state index >= 15 is 0 Å². The number of amides is 1. The summed E-state index contributed by atoms with van der Waals surface area (Å²) in [6.45, 7) is 11.2. The molecule has 1 aromatic rings. The molecular formula is C16H24N2O2. The van der Waals surface area contributed by atoms with Gasteiger partial charge in [-0.2, -0.15) is 0 Å². The van der Waals surface area contributed by atoms with Crippen molar-refractivity contribution >= 4 is 11.8 Å². The number of ether oxygens (including phenoxy) is 1. The summed E-state index contributed by atoms with van der Waals surface area (Å²) in [7, 11) is 0. The quantitative estimate of drug-likeness (QED) is 0.900. The average molecular weight is 276 g/mol. The van der Waals surface area contributed by atoms with Crippen molar-refractivity contribution in [3.63, 3.8) is 0 Å². The number of nitrogens with one attached hydrogen (secondary N) is 1. The molecule has 2 rings (SSSR count). The number of likely N-dealkylation sites (tertiary alicyclic amines) is 1. The molecule has 1 aromatic carbocycles. The second kappa shape index (κ2) is 5.35. The van der Waals surface area contributed by atoms with Gasteiger partial charge in [0.05, 0.1) is 6.04 Å². The van der Waals surface area contributed by atoms with Crippen LogP contribution in [0, 0.1) is 13.8 Å². The summed E-state index contributed by atoms with van der Waals surface area (Å²) in [5.41, 5.74) is 3.23. The van der Waals surface area contributed by atoms with Crippen molar-refractivity contribution in [2.24, 2.45) is 0 Å². The minimum absolute atomic E-state index is 0.225. The Hall–Kier alpha value is -1.71. The highest BCUT2D eigenvalue weighted by molar-refractivity contribution is 5.70. The van der Waals surface area contributed by atoms with Gasteiger partial charge in [-0.25, -0.2) is 4.79 Å². The van der Waals surface area contributed by atoms with E-state index in [1.165, 1.54) is 16.8 Å². The van der Waals surface area contributed by atoms with Crippen LogP contribution in [0.4, 0.5) is 10.5 Å². The van der Waals surface area contributed by atoms with Gasteiger partial charge in [0.15, 0.2) is 0 Å². The van der Waals surface area contributed by atoms with Crippen LogP contribution >= 0.6 is 0 Å². The predicted molar refractivity (Wildman–Crippen MR) is 81.1 cm³/mol. The Labute approximate surface area is 121 Å². The van der Waals surface area contributed by atoms with E-state index in [0.29, 0.717) is 19.1 Å². The van der Waals surface area contributed by atoms with Crippen LogP contribution in [0.5, 0.6) is 0 Å². The van der Waals surface area contributed by atoms with Crippen LogP contribution < -0.4 is 5.32 Å². The van der Waals surface area contributed by atoms with E-state index in [4.69, 9.17) is 4.74 Å². The SMILES string of the molecule is Cc1cccc(C)c1NC1CN(C(=O)OC(C)(C)C)C1. The van der Waals surface area contributed by atoms with Crippen LogP contribution in [-0.2, 0) is 4.74 Å². The summed E-state index contributed by atoms with van der Waals surface area (Å²) in [4.78, 5) is 13.6. The van der Waals surface area contributed by atoms with Crippen molar-refractivity contribution in [3.05, 3.63) is 29.3 Å². The molecule has 110 valence electrons. The number of hydrogen-bond acceptors (Lipinski definition) is 3. The molecule has 1 amide bonds. The van der Waals surface area contributed by atoms with Gasteiger partial charge in [-0.3, -0.25) is 0 Å². The Kier molecular flexibility index (Phi) is 3.93. The van der Waals surface area contributed by atoms with Crippen LogP contribution in [0.1, 0.15) is 31.9 Å². The Morgan fingerprint density at radius 3 is 2.30 bits per heavy atom. The van der Waals surface area contributed by atoms with Gasteiger partial charge in [-0.15, -0.1) is 0 Å². The minimum Gasteiger partial charge on any atom is -0.444 e. The smallest absolute Gasteiger partial charge is 0.410 e. The van der Waals surface area contributed by atoms with Crippen LogP contribution in [-0.4, -0.2) is 35.7 Å². The number of anilines is 1. The van der Waals surface area contributed by atoms with Crippen LogP contribution in [0.3, 0.4) is 0 Å². The summed E-state index contributed by atoms with van der Waals surface area (Å²) >= 11 is 0. The molecule has 4 nitrogen and oxygen atoms in total. The maximum absolute atomic E-state index is 11.8. The van der Waals surface area contributed by atoms with Crippen LogP contribution in [0.2, 0.25) is 0 Å². The van der Waals surface area contributed by atoms with E-state index in [-0.39, 0.29) is 6.09 Å². The molecule has 0 aromatic heterocycles. The number of benzene rings is 1. The second-order valence-corrected chi connectivity index (χ2v) is 6.49. The molecule has 1 N–H and O–H groups in total. The Morgan fingerprint density at radius 2 is 1.80 bits per heavy atom. The molecule has 1 aliphatic heterocycles. The lowest BCUT2D eigenvalue weighted by Gasteiger charge is -2.40. The Bertz CT molecular complexity index is 479. The Morgan fingerprint density at radius 1 is 1.25 bits per heavy atom. The zero-order valence-electron chi connectivity index (χ0n) is 13.0. The molecule has 0 spiro atoms. The van der Waals surface area contributed by atoms with Crippen molar-refractivity contribution < 1.29 is 9.53 Å². The predicted octanol–water partition coefficient (Wildman–Crippen LogP) is 3.33. The van der Waals surface area contributed by atoms with E-state index in [0.717, 1.165) is 0 Å². The van der Waals surface area contributed by atoms with Crippen molar-refractivity contribution in [1.29, 1.82) is 0 Å². The van der Waals surface area contributed by atoms with E-state index in [1.54, 1.807) is 4.90 Å². The maximum Gasteiger partial charge on any atom is 0.410 e. The highest BCUT2D eigenvalue weighted by Crippen LogP contribution is 2.23. The molecule has 1 heterocycles. The minimum atomic E-state index is -0.428. The summed E-state index contributed by atoms with van der Waals surface area (Å²) < 4.78 is 5.35. The zero-order chi connectivity index (χ0) is 14.9. The third-order valence-electron chi connectivity index (χ3n) is 3.36. The van der Waals surface area contributed by atoms with Gasteiger partial charge in [0.25, 0.3) is 0 Å². The molecule has 0 unspecified atom stereocenters. The van der Waals surface area contributed by atoms with Crippen molar-refractivity contribution in [2.45, 2.75) is 46.3 Å². The molecular weight excluding hydrogens is 252 g/mol. The van der Waals surface area contributed by atoms with Gasteiger partial charge < -0.3 is 15.0 Å². The van der Waals surface area contributed by atoms with E-state index < -0.39 is 5.60 Å². The van der Waals surface area contributed by atoms with E-state index in [9.17, 15) is 4.79 Å². The fraction of sp³-hybridized carbons (Fsp3) is 0.562. The highest BCUT2D eigenvalue weighted by Gasteiger charge is 2.33. The lowest BCUT2D eigenvalue weighted by molar-refractivity contribution is 0.0105. The average Bonchev–Trinajstić information content (AvgIpc) is 2.23. The van der Waals surface area contributed by atoms with Crippen molar-refractivity contribution in [1.82, 2.24) is 4.90 Å². The standard InChI is InChI=1S/C16H24N2O2/c1-11-7-6-8-12(2)14(11)17-13-9-18(10-13)15(19)20-16(3,4)5/h6-8,13,17H,9-10H2,1-5H3. The monoisotopic (exact) mass is 276 g/mol. The number of aryl methyl sites for hydroxylation is 2. The van der Waals surface area contributed by atoms with E-state index in [2.05, 4.69) is 37.4 Å². The van der Waals surface area contributed by atoms with Gasteiger partial charge in [0.2, 0.25) is 0 Å². The first kappa shape index (κ1) is 14.7. The third kappa shape index (κ3) is 3.44. The largest absolute Gasteiger partial charge is 0.444 e. The summed E-state index contributed by atoms with van der Waals surface area (Å²) in [5, 5.41) is 3.51. The summed E-state index contributed by atoms with van der Waals surface area (Å²) in [6.07, 6.45) is -0.225. The maximum atomic E-state index is 11.8. The molecule has 1 saturated heterocycles. The lowest BCUT2D eigenvalue weighted by Crippen LogP contribution is -2.58. The topological polar surface area (TPSA) is 41.6 Å². The summed E-state index contributed by atoms with van der Waals surface area (Å²) in [5.74, 6) is 0. The van der Waals surface area contributed by atoms with Gasteiger partial charge >= 0.3 is 6.09 Å².